The van der Waals surface area contributed by atoms with Crippen LogP contribution in [0.4, 0.5) is 0 Å². The quantitative estimate of drug-likeness (QED) is 0.0661. The molecule has 0 aliphatic carbocycles. The van der Waals surface area contributed by atoms with E-state index in [4.69, 9.17) is 19.0 Å². The van der Waals surface area contributed by atoms with Crippen LogP contribution in [0.5, 0.6) is 0 Å². The average molecular weight is 815 g/mol. The first-order valence-corrected chi connectivity index (χ1v) is 21.0. The first-order valence-electron chi connectivity index (χ1n) is 21.0. The van der Waals surface area contributed by atoms with Gasteiger partial charge in [0, 0.05) is 49.8 Å². The van der Waals surface area contributed by atoms with Crippen molar-refractivity contribution >= 4 is 17.6 Å². The Bertz CT molecular complexity index is 1490. The van der Waals surface area contributed by atoms with Gasteiger partial charge in [0.1, 0.15) is 12.2 Å². The number of piperidine rings is 1. The Balaban J connectivity index is 2.59. The second kappa shape index (κ2) is 25.8. The molecule has 0 radical (unpaired) electrons. The number of hydrogen-bond acceptors (Lipinski definition) is 11. The highest BCUT2D eigenvalue weighted by molar-refractivity contribution is 5.96. The van der Waals surface area contributed by atoms with Crippen molar-refractivity contribution in [2.75, 3.05) is 33.9 Å². The van der Waals surface area contributed by atoms with Crippen LogP contribution in [0, 0.1) is 35.5 Å². The van der Waals surface area contributed by atoms with E-state index >= 15 is 0 Å². The molecular weight excluding hydrogens is 741 g/mol. The molecule has 0 bridgehead atoms. The minimum absolute atomic E-state index is 0.0859. The summed E-state index contributed by atoms with van der Waals surface area (Å²) >= 11 is 0. The lowest BCUT2D eigenvalue weighted by atomic mass is 9.79. The molecule has 0 spiro atoms. The fraction of sp³-hybridized carbons (Fsp3) is 0.674. The van der Waals surface area contributed by atoms with E-state index < -0.39 is 54.4 Å². The van der Waals surface area contributed by atoms with Crippen molar-refractivity contribution < 1.29 is 49.1 Å². The maximum Gasteiger partial charge on any atom is 0.373 e. The summed E-state index contributed by atoms with van der Waals surface area (Å²) in [6, 6.07) is 0. The molecule has 0 saturated carbocycles. The van der Waals surface area contributed by atoms with Crippen molar-refractivity contribution in [1.29, 1.82) is 0 Å². The number of esters is 1. The maximum absolute atomic E-state index is 13.9. The summed E-state index contributed by atoms with van der Waals surface area (Å²) in [5, 5.41) is 49.6. The lowest BCUT2D eigenvalue weighted by molar-refractivity contribution is -0.161. The smallest absolute Gasteiger partial charge is 0.373 e. The third-order valence-corrected chi connectivity index (χ3v) is 11.5. The van der Waals surface area contributed by atoms with Gasteiger partial charge in [0.25, 0.3) is 5.91 Å². The van der Waals surface area contributed by atoms with E-state index in [1.54, 1.807) is 62.1 Å². The second-order valence-electron chi connectivity index (χ2n) is 16.3. The Labute approximate surface area is 348 Å². The largest absolute Gasteiger partial charge is 0.490 e. The lowest BCUT2D eigenvalue weighted by Crippen LogP contribution is -2.45. The van der Waals surface area contributed by atoms with Gasteiger partial charge in [0.15, 0.2) is 6.61 Å². The van der Waals surface area contributed by atoms with E-state index in [1.807, 2.05) is 59.8 Å². The zero-order valence-electron chi connectivity index (χ0n) is 36.9. The molecule has 12 nitrogen and oxygen atoms in total. The van der Waals surface area contributed by atoms with Crippen LogP contribution in [0.2, 0.25) is 0 Å². The molecular formula is C46H74N2O10. The van der Waals surface area contributed by atoms with Crippen LogP contribution in [0.3, 0.4) is 0 Å². The fourth-order valence-electron chi connectivity index (χ4n) is 7.69. The van der Waals surface area contributed by atoms with Crippen LogP contribution < -0.4 is 0 Å². The molecule has 328 valence electrons. The molecule has 1 amide bonds. The Morgan fingerprint density at radius 3 is 2.33 bits per heavy atom. The fourth-order valence-corrected chi connectivity index (χ4v) is 7.69. The second-order valence-corrected chi connectivity index (χ2v) is 16.3. The SMILES string of the molecule is C/C=C/C(O)C(C)/C=C/C(=N/OCC(=O)N1CCCCC1)C(C)C(O)C(C)C1OC(=O)/C(OC)=C/C(C)=C/C(C)C(O)C(CC)C(O)C(C)C/C(C)=C/C=C/C1OC. The molecule has 0 aromatic heterocycles. The summed E-state index contributed by atoms with van der Waals surface area (Å²) in [4.78, 5) is 34.1. The summed E-state index contributed by atoms with van der Waals surface area (Å²) in [5.74, 6) is -3.62. The predicted molar refractivity (Wildman–Crippen MR) is 228 cm³/mol. The number of rotatable bonds is 14. The van der Waals surface area contributed by atoms with Gasteiger partial charge < -0.3 is 44.4 Å². The number of amides is 1. The van der Waals surface area contributed by atoms with Crippen molar-refractivity contribution in [2.45, 2.75) is 131 Å². The number of aliphatic hydroxyl groups is 4. The predicted octanol–water partition coefficient (Wildman–Crippen LogP) is 6.46. The van der Waals surface area contributed by atoms with E-state index in [0.29, 0.717) is 37.2 Å². The molecule has 2 heterocycles. The van der Waals surface area contributed by atoms with Gasteiger partial charge in [0.05, 0.1) is 37.2 Å². The van der Waals surface area contributed by atoms with Crippen molar-refractivity contribution in [3.63, 3.8) is 0 Å². The number of carbonyl (C=O) groups excluding carboxylic acids is 2. The van der Waals surface area contributed by atoms with Crippen molar-refractivity contribution in [3.05, 3.63) is 71.6 Å². The number of carbonyl (C=O) groups is 2. The van der Waals surface area contributed by atoms with E-state index in [1.165, 1.54) is 14.2 Å². The van der Waals surface area contributed by atoms with Crippen LogP contribution in [-0.4, -0.2) is 113 Å². The molecule has 0 aromatic carbocycles. The van der Waals surface area contributed by atoms with E-state index in [0.717, 1.165) is 24.8 Å². The van der Waals surface area contributed by atoms with Crippen LogP contribution in [0.15, 0.2) is 76.7 Å². The van der Waals surface area contributed by atoms with E-state index in [-0.39, 0.29) is 41.9 Å². The van der Waals surface area contributed by atoms with Gasteiger partial charge >= 0.3 is 5.97 Å². The van der Waals surface area contributed by atoms with Crippen molar-refractivity contribution in [1.82, 2.24) is 4.90 Å². The van der Waals surface area contributed by atoms with Gasteiger partial charge in [-0.3, -0.25) is 4.79 Å². The number of aliphatic hydroxyl groups excluding tert-OH is 4. The normalized spacial score (nSPS) is 32.2. The molecule has 2 aliphatic rings. The number of methoxy groups -OCH3 is 2. The van der Waals surface area contributed by atoms with Gasteiger partial charge in [-0.15, -0.1) is 0 Å². The highest BCUT2D eigenvalue weighted by Crippen LogP contribution is 2.30. The Hall–Kier alpha value is -3.55. The van der Waals surface area contributed by atoms with Crippen LogP contribution >= 0.6 is 0 Å². The highest BCUT2D eigenvalue weighted by atomic mass is 16.6. The first kappa shape index (κ1) is 50.6. The first-order chi connectivity index (χ1) is 27.5. The minimum atomic E-state index is -1.17. The molecule has 2 aliphatic heterocycles. The van der Waals surface area contributed by atoms with Gasteiger partial charge in [-0.1, -0.05) is 100 Å². The number of oxime groups is 1. The monoisotopic (exact) mass is 815 g/mol. The zero-order valence-corrected chi connectivity index (χ0v) is 36.9. The Kier molecular flexibility index (Phi) is 22.5. The van der Waals surface area contributed by atoms with Crippen LogP contribution in [0.1, 0.15) is 94.4 Å². The van der Waals surface area contributed by atoms with E-state index in [9.17, 15) is 30.0 Å². The maximum atomic E-state index is 13.9. The minimum Gasteiger partial charge on any atom is -0.490 e. The van der Waals surface area contributed by atoms with Crippen molar-refractivity contribution in [3.8, 4) is 0 Å². The van der Waals surface area contributed by atoms with Crippen LogP contribution in [-0.2, 0) is 28.6 Å². The molecule has 1 fully saturated rings. The molecule has 4 N–H and O–H groups in total. The van der Waals surface area contributed by atoms with Gasteiger partial charge in [0.2, 0.25) is 5.76 Å². The highest BCUT2D eigenvalue weighted by Gasteiger charge is 2.38. The standard InChI is InChI=1S/C46H74N2O10/c1-12-18-38(49)31(5)21-22-37(47-57-28-41(50)48-23-15-14-16-24-48)34(8)44(53)35(9)45-39(55-10)20-17-19-29(3)25-32(6)42(51)36(13-2)43(52)33(7)26-30(4)27-40(56-11)46(54)58-45/h12,17-22,26-27,31-36,38-39,42-45,49,51-53H,13-16,23-25,28H2,1-11H3/b18-12+,20-17+,22-21+,29-19+,30-26+,40-27-,47-37-. The summed E-state index contributed by atoms with van der Waals surface area (Å²) < 4.78 is 17.6. The van der Waals surface area contributed by atoms with E-state index in [2.05, 4.69) is 5.16 Å². The molecule has 58 heavy (non-hydrogen) atoms. The number of ether oxygens (including phenoxy) is 3. The number of cyclic esters (lactones) is 1. The van der Waals surface area contributed by atoms with Crippen LogP contribution in [0.25, 0.3) is 0 Å². The topological polar surface area (TPSA) is 168 Å². The van der Waals surface area contributed by atoms with Crippen molar-refractivity contribution in [2.24, 2.45) is 40.7 Å². The summed E-state index contributed by atoms with van der Waals surface area (Å²) in [6.45, 7) is 17.9. The molecule has 12 atom stereocenters. The zero-order chi connectivity index (χ0) is 43.5. The number of likely N-dealkylation sites (tertiary alicyclic amines) is 1. The summed E-state index contributed by atoms with van der Waals surface area (Å²) in [7, 11) is 2.86. The number of nitrogens with zero attached hydrogens (tertiary/aromatic N) is 2. The average Bonchev–Trinajstić information content (AvgIpc) is 3.20. The third kappa shape index (κ3) is 15.6. The lowest BCUT2D eigenvalue weighted by Gasteiger charge is -2.34. The molecule has 1 saturated heterocycles. The summed E-state index contributed by atoms with van der Waals surface area (Å²) in [5.41, 5.74) is 1.97. The van der Waals surface area contributed by atoms with Gasteiger partial charge in [-0.05, 0) is 70.9 Å². The molecule has 12 heteroatoms. The molecule has 0 aromatic rings. The summed E-state index contributed by atoms with van der Waals surface area (Å²) in [6.07, 6.45) is 14.6. The van der Waals surface area contributed by atoms with Gasteiger partial charge in [-0.2, -0.15) is 0 Å². The molecule has 2 rings (SSSR count). The number of hydrogen-bond donors (Lipinski definition) is 4. The molecule has 12 unspecified atom stereocenters. The number of allylic oxidation sites excluding steroid dienone is 7. The third-order valence-electron chi connectivity index (χ3n) is 11.5. The Morgan fingerprint density at radius 1 is 1.05 bits per heavy atom. The van der Waals surface area contributed by atoms with Gasteiger partial charge in [-0.25, -0.2) is 4.79 Å². The Morgan fingerprint density at radius 2 is 1.72 bits per heavy atom.